The van der Waals surface area contributed by atoms with Gasteiger partial charge < -0.3 is 10.6 Å². The van der Waals surface area contributed by atoms with E-state index in [2.05, 4.69) is 25.6 Å². The van der Waals surface area contributed by atoms with Gasteiger partial charge in [-0.3, -0.25) is 19.1 Å². The monoisotopic (exact) mass is 418 g/mol. The molecule has 1 unspecified atom stereocenters. The van der Waals surface area contributed by atoms with Crippen molar-refractivity contribution in [3.63, 3.8) is 0 Å². The van der Waals surface area contributed by atoms with Crippen LogP contribution < -0.4 is 16.2 Å². The van der Waals surface area contributed by atoms with Gasteiger partial charge in [-0.15, -0.1) is 0 Å². The molecule has 0 radical (unpaired) electrons. The molecule has 0 saturated carbocycles. The second-order valence-corrected chi connectivity index (χ2v) is 7.28. The smallest absolute Gasteiger partial charge is 0.293 e. The predicted octanol–water partition coefficient (Wildman–Crippen LogP) is 0.665. The minimum atomic E-state index is -0.320. The van der Waals surface area contributed by atoms with Crippen molar-refractivity contribution in [2.75, 3.05) is 18.4 Å². The molecule has 0 fully saturated rings. The molecule has 0 aromatic carbocycles. The summed E-state index contributed by atoms with van der Waals surface area (Å²) in [6, 6.07) is 5.71. The Balaban J connectivity index is 1.34. The van der Waals surface area contributed by atoms with E-state index in [9.17, 15) is 9.59 Å². The van der Waals surface area contributed by atoms with E-state index in [0.717, 1.165) is 11.3 Å². The largest absolute Gasteiger partial charge is 0.365 e. The molecule has 9 nitrogen and oxygen atoms in total. The lowest BCUT2D eigenvalue weighted by Gasteiger charge is -2.13. The third kappa shape index (κ3) is 5.00. The van der Waals surface area contributed by atoms with Gasteiger partial charge in [0.15, 0.2) is 18.2 Å². The standard InChI is InChI=1S/C22H23N7O2/c1-16-13-27-21(25-8-5-18-4-2-3-7-23-18)22(31)29(16)15-20(30)26-14-17-6-10-28-11-9-24-19(28)12-17/h2-4,6-7,9-13,19H,5,8,14-15H2,1H3,(H-,25,26,27,30)/p+1. The fraction of sp³-hybridized carbons (Fsp3) is 0.273. The molecule has 4 rings (SSSR count). The van der Waals surface area contributed by atoms with Crippen LogP contribution in [0.25, 0.3) is 0 Å². The molecular formula is C22H24N7O2+. The van der Waals surface area contributed by atoms with Crippen LogP contribution in [0, 0.1) is 6.92 Å². The van der Waals surface area contributed by atoms with E-state index in [-0.39, 0.29) is 30.0 Å². The van der Waals surface area contributed by atoms with Crippen molar-refractivity contribution in [3.8, 4) is 0 Å². The van der Waals surface area contributed by atoms with Crippen molar-refractivity contribution in [3.05, 3.63) is 76.3 Å². The maximum atomic E-state index is 12.8. The van der Waals surface area contributed by atoms with E-state index in [1.807, 2.05) is 47.3 Å². The molecule has 0 bridgehead atoms. The number of hydrogen-bond donors (Lipinski definition) is 2. The number of carbonyl (C=O) groups excluding carboxylic acids is 1. The highest BCUT2D eigenvalue weighted by molar-refractivity contribution is 6.14. The van der Waals surface area contributed by atoms with E-state index < -0.39 is 0 Å². The minimum absolute atomic E-state index is 0.0401. The van der Waals surface area contributed by atoms with Crippen LogP contribution >= 0.6 is 0 Å². The second-order valence-electron chi connectivity index (χ2n) is 7.28. The molecule has 31 heavy (non-hydrogen) atoms. The van der Waals surface area contributed by atoms with E-state index in [1.165, 1.54) is 4.57 Å². The van der Waals surface area contributed by atoms with Crippen LogP contribution in [-0.4, -0.2) is 56.7 Å². The summed E-state index contributed by atoms with van der Waals surface area (Å²) in [6.45, 7) is 2.59. The summed E-state index contributed by atoms with van der Waals surface area (Å²) in [7, 11) is 0. The van der Waals surface area contributed by atoms with Crippen LogP contribution in [0.4, 0.5) is 5.82 Å². The first kappa shape index (κ1) is 20.4. The van der Waals surface area contributed by atoms with Gasteiger partial charge in [0.05, 0.1) is 6.21 Å². The molecule has 2 aliphatic heterocycles. The second kappa shape index (κ2) is 9.29. The van der Waals surface area contributed by atoms with Crippen LogP contribution in [0.15, 0.2) is 64.3 Å². The Labute approximate surface area is 179 Å². The Morgan fingerprint density at radius 1 is 1.29 bits per heavy atom. The molecule has 0 aliphatic carbocycles. The van der Waals surface area contributed by atoms with Crippen LogP contribution in [0.1, 0.15) is 11.4 Å². The van der Waals surface area contributed by atoms with Gasteiger partial charge in [0.1, 0.15) is 6.54 Å². The summed E-state index contributed by atoms with van der Waals surface area (Å²) < 4.78 is 3.40. The van der Waals surface area contributed by atoms with Gasteiger partial charge in [0.2, 0.25) is 5.91 Å². The molecule has 9 heteroatoms. The summed E-state index contributed by atoms with van der Waals surface area (Å²) in [5, 5.41) is 5.92. The number of nitrogens with zero attached hydrogens (tertiary/aromatic N) is 5. The van der Waals surface area contributed by atoms with E-state index in [0.29, 0.717) is 25.2 Å². The minimum Gasteiger partial charge on any atom is -0.365 e. The SMILES string of the molecule is Cc1cnc(NCCc2ccccn2)c(=O)n1CC(=O)NCC1=CC2N=CC=[N+]2C=C1. The average molecular weight is 418 g/mol. The molecule has 4 heterocycles. The number of aryl methyl sites for hydroxylation is 1. The Bertz CT molecular complexity index is 1150. The number of aliphatic imine (C=N–C) groups is 1. The zero-order valence-electron chi connectivity index (χ0n) is 17.2. The quantitative estimate of drug-likeness (QED) is 0.613. The van der Waals surface area contributed by atoms with Crippen LogP contribution in [0.5, 0.6) is 0 Å². The highest BCUT2D eigenvalue weighted by atomic mass is 16.2. The van der Waals surface area contributed by atoms with Crippen molar-refractivity contribution in [2.45, 2.75) is 26.1 Å². The van der Waals surface area contributed by atoms with Crippen molar-refractivity contribution < 1.29 is 9.37 Å². The highest BCUT2D eigenvalue weighted by Crippen LogP contribution is 2.11. The number of fused-ring (bicyclic) bond motifs is 1. The van der Waals surface area contributed by atoms with Crippen LogP contribution in [0.3, 0.4) is 0 Å². The maximum absolute atomic E-state index is 12.8. The first-order valence-electron chi connectivity index (χ1n) is 10.1. The lowest BCUT2D eigenvalue weighted by molar-refractivity contribution is -0.476. The number of anilines is 1. The number of amides is 1. The van der Waals surface area contributed by atoms with Gasteiger partial charge in [0.25, 0.3) is 11.7 Å². The normalized spacial score (nSPS) is 16.5. The van der Waals surface area contributed by atoms with Gasteiger partial charge in [-0.05, 0) is 24.6 Å². The summed E-state index contributed by atoms with van der Waals surface area (Å²) in [5.74, 6) is -0.0169. The number of nitrogens with one attached hydrogen (secondary N) is 2. The van der Waals surface area contributed by atoms with Gasteiger partial charge in [0, 0.05) is 55.4 Å². The molecule has 2 aliphatic rings. The first-order valence-corrected chi connectivity index (χ1v) is 10.1. The van der Waals surface area contributed by atoms with Gasteiger partial charge in [-0.25, -0.2) is 9.98 Å². The fourth-order valence-electron chi connectivity index (χ4n) is 3.33. The lowest BCUT2D eigenvalue weighted by atomic mass is 10.1. The van der Waals surface area contributed by atoms with Crippen molar-refractivity contribution in [2.24, 2.45) is 4.99 Å². The number of hydrogen-bond acceptors (Lipinski definition) is 6. The summed E-state index contributed by atoms with van der Waals surface area (Å²) in [6.07, 6.45) is 13.5. The third-order valence-electron chi connectivity index (χ3n) is 5.05. The third-order valence-corrected chi connectivity index (χ3v) is 5.05. The summed E-state index contributed by atoms with van der Waals surface area (Å²) in [5.41, 5.74) is 2.20. The number of aromatic nitrogens is 3. The Morgan fingerprint density at radius 3 is 3.03 bits per heavy atom. The molecule has 158 valence electrons. The zero-order chi connectivity index (χ0) is 21.6. The zero-order valence-corrected chi connectivity index (χ0v) is 17.2. The number of carbonyl (C=O) groups is 1. The topological polar surface area (TPSA) is 104 Å². The van der Waals surface area contributed by atoms with Gasteiger partial charge in [-0.2, -0.15) is 4.58 Å². The Hall–Kier alpha value is -3.88. The van der Waals surface area contributed by atoms with E-state index in [1.54, 1.807) is 25.5 Å². The van der Waals surface area contributed by atoms with Crippen molar-refractivity contribution in [1.29, 1.82) is 0 Å². The Morgan fingerprint density at radius 2 is 2.19 bits per heavy atom. The molecule has 0 saturated heterocycles. The number of rotatable bonds is 8. The van der Waals surface area contributed by atoms with E-state index >= 15 is 0 Å². The molecule has 0 spiro atoms. The molecule has 2 aromatic rings. The van der Waals surface area contributed by atoms with Crippen LogP contribution in [-0.2, 0) is 17.8 Å². The fourth-order valence-corrected chi connectivity index (χ4v) is 3.33. The lowest BCUT2D eigenvalue weighted by Crippen LogP contribution is -2.36. The van der Waals surface area contributed by atoms with Gasteiger partial charge in [-0.1, -0.05) is 6.07 Å². The number of pyridine rings is 1. The molecule has 2 aromatic heterocycles. The molecule has 2 N–H and O–H groups in total. The van der Waals surface area contributed by atoms with Crippen LogP contribution in [0.2, 0.25) is 0 Å². The molecule has 1 atom stereocenters. The summed E-state index contributed by atoms with van der Waals surface area (Å²) >= 11 is 0. The van der Waals surface area contributed by atoms with Crippen molar-refractivity contribution in [1.82, 2.24) is 19.9 Å². The average Bonchev–Trinajstić information content (AvgIpc) is 3.25. The van der Waals surface area contributed by atoms with Crippen molar-refractivity contribution >= 4 is 24.2 Å². The first-order chi connectivity index (χ1) is 15.1. The van der Waals surface area contributed by atoms with E-state index in [4.69, 9.17) is 0 Å². The maximum Gasteiger partial charge on any atom is 0.293 e. The molecular weight excluding hydrogens is 394 g/mol. The summed E-state index contributed by atoms with van der Waals surface area (Å²) in [4.78, 5) is 38.0. The van der Waals surface area contributed by atoms with Gasteiger partial charge >= 0.3 is 0 Å². The molecule has 1 amide bonds. The highest BCUT2D eigenvalue weighted by Gasteiger charge is 2.22. The predicted molar refractivity (Wildman–Crippen MR) is 119 cm³/mol. The Kier molecular flexibility index (Phi) is 6.11.